The molecule has 0 aromatic heterocycles. The van der Waals surface area contributed by atoms with Crippen molar-refractivity contribution in [1.82, 2.24) is 0 Å². The first kappa shape index (κ1) is 10.7. The van der Waals surface area contributed by atoms with Crippen LogP contribution in [0.2, 0.25) is 0 Å². The summed E-state index contributed by atoms with van der Waals surface area (Å²) in [5.41, 5.74) is 8.38. The van der Waals surface area contributed by atoms with Gasteiger partial charge in [-0.05, 0) is 36.6 Å². The van der Waals surface area contributed by atoms with Gasteiger partial charge in [-0.3, -0.25) is 0 Å². The van der Waals surface area contributed by atoms with Crippen LogP contribution in [0.5, 0.6) is 0 Å². The number of benzene rings is 1. The Morgan fingerprint density at radius 1 is 1.50 bits per heavy atom. The minimum atomic E-state index is -0.188. The molecule has 0 aliphatic rings. The van der Waals surface area contributed by atoms with E-state index in [-0.39, 0.29) is 12.6 Å². The molecule has 1 aromatic carbocycles. The molecule has 14 heavy (non-hydrogen) atoms. The van der Waals surface area contributed by atoms with Crippen molar-refractivity contribution in [1.29, 1.82) is 5.26 Å². The SMILES string of the molecule is Cc1cc(C#N)cc(C(N)CCO)c1. The van der Waals surface area contributed by atoms with Gasteiger partial charge in [-0.1, -0.05) is 6.07 Å². The van der Waals surface area contributed by atoms with E-state index in [1.165, 1.54) is 0 Å². The van der Waals surface area contributed by atoms with E-state index in [2.05, 4.69) is 6.07 Å². The highest BCUT2D eigenvalue weighted by molar-refractivity contribution is 5.38. The molecule has 3 nitrogen and oxygen atoms in total. The zero-order valence-electron chi connectivity index (χ0n) is 8.20. The van der Waals surface area contributed by atoms with Crippen molar-refractivity contribution in [2.45, 2.75) is 19.4 Å². The average Bonchev–Trinajstić information content (AvgIpc) is 2.17. The quantitative estimate of drug-likeness (QED) is 0.753. The van der Waals surface area contributed by atoms with Crippen LogP contribution >= 0.6 is 0 Å². The molecule has 0 fully saturated rings. The molecule has 0 aliphatic heterocycles. The molecule has 0 spiro atoms. The standard InChI is InChI=1S/C11H14N2O/c1-8-4-9(7-12)6-10(5-8)11(13)2-3-14/h4-6,11,14H,2-3,13H2,1H3. The lowest BCUT2D eigenvalue weighted by Gasteiger charge is -2.11. The molecule has 0 amide bonds. The fourth-order valence-corrected chi connectivity index (χ4v) is 1.40. The predicted molar refractivity (Wildman–Crippen MR) is 54.5 cm³/mol. The number of rotatable bonds is 3. The molecular weight excluding hydrogens is 176 g/mol. The van der Waals surface area contributed by atoms with Gasteiger partial charge in [-0.15, -0.1) is 0 Å². The molecule has 3 N–H and O–H groups in total. The van der Waals surface area contributed by atoms with Crippen molar-refractivity contribution >= 4 is 0 Å². The summed E-state index contributed by atoms with van der Waals surface area (Å²) in [6, 6.07) is 7.43. The number of hydrogen-bond donors (Lipinski definition) is 2. The second-order valence-corrected chi connectivity index (χ2v) is 3.36. The van der Waals surface area contributed by atoms with Gasteiger partial charge in [0, 0.05) is 12.6 Å². The van der Waals surface area contributed by atoms with Gasteiger partial charge in [0.15, 0.2) is 0 Å². The summed E-state index contributed by atoms with van der Waals surface area (Å²) < 4.78 is 0. The number of hydrogen-bond acceptors (Lipinski definition) is 3. The smallest absolute Gasteiger partial charge is 0.0991 e. The summed E-state index contributed by atoms with van der Waals surface area (Å²) >= 11 is 0. The van der Waals surface area contributed by atoms with E-state index in [4.69, 9.17) is 16.1 Å². The number of aliphatic hydroxyl groups excluding tert-OH is 1. The van der Waals surface area contributed by atoms with Gasteiger partial charge in [0.1, 0.15) is 0 Å². The Labute approximate surface area is 83.8 Å². The van der Waals surface area contributed by atoms with E-state index >= 15 is 0 Å². The Morgan fingerprint density at radius 3 is 2.79 bits per heavy atom. The summed E-state index contributed by atoms with van der Waals surface area (Å²) in [4.78, 5) is 0. The molecule has 0 saturated carbocycles. The van der Waals surface area contributed by atoms with Crippen LogP contribution in [0.1, 0.15) is 29.2 Å². The lowest BCUT2D eigenvalue weighted by molar-refractivity contribution is 0.276. The summed E-state index contributed by atoms with van der Waals surface area (Å²) in [6.07, 6.45) is 0.522. The van der Waals surface area contributed by atoms with Gasteiger partial charge in [-0.25, -0.2) is 0 Å². The second-order valence-electron chi connectivity index (χ2n) is 3.36. The van der Waals surface area contributed by atoms with Gasteiger partial charge >= 0.3 is 0 Å². The fraction of sp³-hybridized carbons (Fsp3) is 0.364. The molecule has 1 atom stereocenters. The lowest BCUT2D eigenvalue weighted by atomic mass is 10.00. The van der Waals surface area contributed by atoms with Gasteiger partial charge in [0.05, 0.1) is 11.6 Å². The number of aliphatic hydroxyl groups is 1. The van der Waals surface area contributed by atoms with Gasteiger partial charge in [0.25, 0.3) is 0 Å². The molecule has 3 heteroatoms. The topological polar surface area (TPSA) is 70.0 Å². The molecule has 0 heterocycles. The highest BCUT2D eigenvalue weighted by Gasteiger charge is 2.06. The predicted octanol–water partition coefficient (Wildman–Crippen LogP) is 1.25. The Balaban J connectivity index is 2.98. The maximum atomic E-state index is 8.76. The van der Waals surface area contributed by atoms with Gasteiger partial charge in [-0.2, -0.15) is 5.26 Å². The van der Waals surface area contributed by atoms with Gasteiger partial charge < -0.3 is 10.8 Å². The Morgan fingerprint density at radius 2 is 2.21 bits per heavy atom. The Bertz CT molecular complexity index is 355. The Hall–Kier alpha value is -1.37. The number of nitriles is 1. The molecule has 1 rings (SSSR count). The van der Waals surface area contributed by atoms with Crippen LogP contribution in [0.4, 0.5) is 0 Å². The largest absolute Gasteiger partial charge is 0.396 e. The second kappa shape index (κ2) is 4.75. The molecular formula is C11H14N2O. The third-order valence-electron chi connectivity index (χ3n) is 2.10. The summed E-state index contributed by atoms with van der Waals surface area (Å²) in [5.74, 6) is 0. The zero-order valence-corrected chi connectivity index (χ0v) is 8.20. The average molecular weight is 190 g/mol. The molecule has 74 valence electrons. The summed E-state index contributed by atoms with van der Waals surface area (Å²) in [5, 5.41) is 17.5. The molecule has 1 unspecified atom stereocenters. The van der Waals surface area contributed by atoms with Crippen LogP contribution in [0.3, 0.4) is 0 Å². The minimum Gasteiger partial charge on any atom is -0.396 e. The normalized spacial score (nSPS) is 12.1. The first-order valence-electron chi connectivity index (χ1n) is 4.55. The minimum absolute atomic E-state index is 0.0665. The molecule has 0 aliphatic carbocycles. The highest BCUT2D eigenvalue weighted by atomic mass is 16.3. The van der Waals surface area contributed by atoms with Crippen LogP contribution in [-0.4, -0.2) is 11.7 Å². The molecule has 1 aromatic rings. The third kappa shape index (κ3) is 2.56. The van der Waals surface area contributed by atoms with Crippen molar-refractivity contribution in [3.05, 3.63) is 34.9 Å². The van der Waals surface area contributed by atoms with Crippen LogP contribution in [0.15, 0.2) is 18.2 Å². The maximum absolute atomic E-state index is 8.76. The van der Waals surface area contributed by atoms with Crippen LogP contribution in [0, 0.1) is 18.3 Å². The van der Waals surface area contributed by atoms with E-state index in [1.807, 2.05) is 19.1 Å². The third-order valence-corrected chi connectivity index (χ3v) is 2.10. The first-order chi connectivity index (χ1) is 6.67. The van der Waals surface area contributed by atoms with Crippen LogP contribution in [0.25, 0.3) is 0 Å². The van der Waals surface area contributed by atoms with E-state index in [0.717, 1.165) is 11.1 Å². The van der Waals surface area contributed by atoms with Crippen molar-refractivity contribution in [3.8, 4) is 6.07 Å². The monoisotopic (exact) mass is 190 g/mol. The molecule has 0 bridgehead atoms. The van der Waals surface area contributed by atoms with Crippen molar-refractivity contribution in [3.63, 3.8) is 0 Å². The summed E-state index contributed by atoms with van der Waals surface area (Å²) in [7, 11) is 0. The van der Waals surface area contributed by atoms with E-state index in [1.54, 1.807) is 6.07 Å². The molecule has 0 radical (unpaired) electrons. The van der Waals surface area contributed by atoms with E-state index < -0.39 is 0 Å². The Kier molecular flexibility index (Phi) is 3.63. The van der Waals surface area contributed by atoms with Crippen LogP contribution in [-0.2, 0) is 0 Å². The van der Waals surface area contributed by atoms with E-state index in [0.29, 0.717) is 12.0 Å². The number of nitrogens with two attached hydrogens (primary N) is 1. The maximum Gasteiger partial charge on any atom is 0.0991 e. The summed E-state index contributed by atoms with van der Waals surface area (Å²) in [6.45, 7) is 1.99. The highest BCUT2D eigenvalue weighted by Crippen LogP contribution is 2.17. The van der Waals surface area contributed by atoms with Crippen molar-refractivity contribution in [2.75, 3.05) is 6.61 Å². The van der Waals surface area contributed by atoms with Gasteiger partial charge in [0.2, 0.25) is 0 Å². The molecule has 0 saturated heterocycles. The fourth-order valence-electron chi connectivity index (χ4n) is 1.40. The van der Waals surface area contributed by atoms with E-state index in [9.17, 15) is 0 Å². The first-order valence-corrected chi connectivity index (χ1v) is 4.55. The lowest BCUT2D eigenvalue weighted by Crippen LogP contribution is -2.12. The number of aryl methyl sites for hydroxylation is 1. The number of nitrogens with zero attached hydrogens (tertiary/aromatic N) is 1. The van der Waals surface area contributed by atoms with Crippen molar-refractivity contribution in [2.24, 2.45) is 5.73 Å². The van der Waals surface area contributed by atoms with Crippen LogP contribution < -0.4 is 5.73 Å². The van der Waals surface area contributed by atoms with Crippen molar-refractivity contribution < 1.29 is 5.11 Å². The zero-order chi connectivity index (χ0) is 10.6.